The van der Waals surface area contributed by atoms with Gasteiger partial charge >= 0.3 is 16.3 Å². The lowest BCUT2D eigenvalue weighted by molar-refractivity contribution is -0.632. The second-order valence-corrected chi connectivity index (χ2v) is 7.54. The molecule has 0 aliphatic carbocycles. The average Bonchev–Trinajstić information content (AvgIpc) is 2.94. The first-order valence-corrected chi connectivity index (χ1v) is 10.5. The number of hydrogen-bond donors (Lipinski definition) is 1. The lowest BCUT2D eigenvalue weighted by atomic mass is 10.2. The Kier molecular flexibility index (Phi) is 6.26. The van der Waals surface area contributed by atoms with Crippen molar-refractivity contribution in [3.63, 3.8) is 0 Å². The molecule has 0 atom stereocenters. The molecule has 1 aromatic heterocycles. The van der Waals surface area contributed by atoms with E-state index in [1.807, 2.05) is 83.6 Å². The number of aromatic nitrogens is 2. The number of benzene rings is 2. The zero-order valence-electron chi connectivity index (χ0n) is 16.6. The molecule has 0 aliphatic rings. The Morgan fingerprint density at radius 2 is 1.83 bits per heavy atom. The summed E-state index contributed by atoms with van der Waals surface area (Å²) < 4.78 is 38.3. The molecule has 3 rings (SSSR count). The summed E-state index contributed by atoms with van der Waals surface area (Å²) in [5.41, 5.74) is 3.74. The average molecular weight is 418 g/mol. The highest BCUT2D eigenvalue weighted by Crippen LogP contribution is 2.23. The van der Waals surface area contributed by atoms with Crippen molar-refractivity contribution in [1.29, 1.82) is 0 Å². The Balaban J connectivity index is 1.73. The van der Waals surface area contributed by atoms with Crippen LogP contribution in [0.3, 0.4) is 0 Å². The Morgan fingerprint density at radius 3 is 2.45 bits per heavy atom. The van der Waals surface area contributed by atoms with Gasteiger partial charge in [-0.05, 0) is 43.3 Å². The molecule has 0 spiro atoms. The predicted octanol–water partition coefficient (Wildman–Crippen LogP) is 3.06. The zero-order chi connectivity index (χ0) is 21.0. The molecule has 9 nitrogen and oxygen atoms in total. The fourth-order valence-corrected chi connectivity index (χ4v) is 3.45. The third-order valence-corrected chi connectivity index (χ3v) is 5.11. The number of rotatable bonds is 8. The maximum absolute atomic E-state index is 10.7. The lowest BCUT2D eigenvalue weighted by Crippen LogP contribution is -2.27. The van der Waals surface area contributed by atoms with Crippen LogP contribution in [0.5, 0.6) is 0 Å². The van der Waals surface area contributed by atoms with Crippen LogP contribution in [0.2, 0.25) is 0 Å². The van der Waals surface area contributed by atoms with Gasteiger partial charge in [-0.3, -0.25) is 4.55 Å². The summed E-state index contributed by atoms with van der Waals surface area (Å²) in [6.07, 6.45) is 0. The van der Waals surface area contributed by atoms with Gasteiger partial charge in [0.2, 0.25) is 0 Å². The molecule has 0 radical (unpaired) electrons. The van der Waals surface area contributed by atoms with E-state index in [4.69, 9.17) is 4.55 Å². The van der Waals surface area contributed by atoms with E-state index in [1.54, 1.807) is 0 Å². The van der Waals surface area contributed by atoms with Crippen LogP contribution < -0.4 is 9.47 Å². The standard InChI is InChI=1S/C19H23N5O4S/c1-4-24(13-14-28-29(25,26)27)16-11-9-15(10-12-16)20-21-19-22(2)17-7-5-6-8-18(17)23(19)3/h5-12H,4,13-14H2,1-3H3/p+1. The molecule has 1 N–H and O–H groups in total. The van der Waals surface area contributed by atoms with Crippen LogP contribution >= 0.6 is 0 Å². The maximum atomic E-state index is 10.7. The van der Waals surface area contributed by atoms with Crippen LogP contribution in [0.1, 0.15) is 6.92 Å². The minimum atomic E-state index is -4.43. The highest BCUT2D eigenvalue weighted by molar-refractivity contribution is 7.80. The fraction of sp³-hybridized carbons (Fsp3) is 0.316. The molecule has 0 bridgehead atoms. The number of imidazole rings is 1. The van der Waals surface area contributed by atoms with Crippen molar-refractivity contribution < 1.29 is 21.7 Å². The SMILES string of the molecule is CCN(CCOS(=O)(=O)O)c1ccc(N=Nc2n(C)c3ccccc3[n+]2C)cc1. The first-order chi connectivity index (χ1) is 13.8. The van der Waals surface area contributed by atoms with Gasteiger partial charge in [-0.1, -0.05) is 17.2 Å². The fourth-order valence-electron chi connectivity index (χ4n) is 3.16. The summed E-state index contributed by atoms with van der Waals surface area (Å²) in [7, 11) is -0.522. The predicted molar refractivity (Wildman–Crippen MR) is 110 cm³/mol. The van der Waals surface area contributed by atoms with E-state index in [1.165, 1.54) is 0 Å². The van der Waals surface area contributed by atoms with Gasteiger partial charge in [-0.2, -0.15) is 8.42 Å². The van der Waals surface area contributed by atoms with Gasteiger partial charge in [0, 0.05) is 23.9 Å². The molecule has 0 amide bonds. The van der Waals surface area contributed by atoms with Crippen molar-refractivity contribution >= 4 is 38.8 Å². The number of aryl methyl sites for hydroxylation is 2. The normalized spacial score (nSPS) is 12.1. The Bertz CT molecular complexity index is 1080. The Hall–Kier alpha value is -2.82. The smallest absolute Gasteiger partial charge is 0.369 e. The van der Waals surface area contributed by atoms with E-state index < -0.39 is 10.4 Å². The third-order valence-electron chi connectivity index (χ3n) is 4.65. The molecular formula is C19H24N5O4S+. The topological polar surface area (TPSA) is 100 Å². The largest absolute Gasteiger partial charge is 0.422 e. The van der Waals surface area contributed by atoms with Crippen LogP contribution in [0.4, 0.5) is 17.3 Å². The molecule has 0 aliphatic heterocycles. The van der Waals surface area contributed by atoms with Gasteiger partial charge in [0.05, 0.1) is 20.7 Å². The monoisotopic (exact) mass is 418 g/mol. The summed E-state index contributed by atoms with van der Waals surface area (Å²) in [4.78, 5) is 1.93. The second kappa shape index (κ2) is 8.68. The van der Waals surface area contributed by atoms with Gasteiger partial charge < -0.3 is 4.90 Å². The third kappa shape index (κ3) is 4.97. The molecule has 1 heterocycles. The Morgan fingerprint density at radius 1 is 1.14 bits per heavy atom. The maximum Gasteiger partial charge on any atom is 0.422 e. The number of para-hydroxylation sites is 2. The van der Waals surface area contributed by atoms with Gasteiger partial charge in [-0.15, -0.1) is 0 Å². The van der Waals surface area contributed by atoms with Crippen molar-refractivity contribution in [1.82, 2.24) is 4.57 Å². The number of fused-ring (bicyclic) bond motifs is 1. The number of likely N-dealkylation sites (N-methyl/N-ethyl adjacent to an activating group) is 1. The molecule has 154 valence electrons. The van der Waals surface area contributed by atoms with E-state index >= 15 is 0 Å². The molecule has 29 heavy (non-hydrogen) atoms. The minimum Gasteiger partial charge on any atom is -0.369 e. The van der Waals surface area contributed by atoms with Crippen molar-refractivity contribution in [2.45, 2.75) is 6.92 Å². The molecule has 0 unspecified atom stereocenters. The van der Waals surface area contributed by atoms with E-state index in [-0.39, 0.29) is 6.61 Å². The molecule has 3 aromatic rings. The quantitative estimate of drug-likeness (QED) is 0.344. The van der Waals surface area contributed by atoms with Gasteiger partial charge in [0.25, 0.3) is 0 Å². The molecule has 10 heteroatoms. The highest BCUT2D eigenvalue weighted by Gasteiger charge is 2.18. The first kappa shape index (κ1) is 20.9. The van der Waals surface area contributed by atoms with Crippen LogP contribution in [0, 0.1) is 0 Å². The molecular weight excluding hydrogens is 394 g/mol. The van der Waals surface area contributed by atoms with Crippen LogP contribution in [-0.2, 0) is 28.7 Å². The number of nitrogens with zero attached hydrogens (tertiary/aromatic N) is 5. The summed E-state index contributed by atoms with van der Waals surface area (Å²) in [5, 5.41) is 8.75. The van der Waals surface area contributed by atoms with Crippen molar-refractivity contribution in [2.75, 3.05) is 24.6 Å². The van der Waals surface area contributed by atoms with E-state index in [0.717, 1.165) is 22.7 Å². The van der Waals surface area contributed by atoms with Gasteiger partial charge in [-0.25, -0.2) is 13.3 Å². The first-order valence-electron chi connectivity index (χ1n) is 9.12. The van der Waals surface area contributed by atoms with Crippen LogP contribution in [-0.4, -0.2) is 37.2 Å². The summed E-state index contributed by atoms with van der Waals surface area (Å²) in [6.45, 7) is 2.79. The summed E-state index contributed by atoms with van der Waals surface area (Å²) >= 11 is 0. The van der Waals surface area contributed by atoms with Crippen molar-refractivity contribution in [3.8, 4) is 0 Å². The van der Waals surface area contributed by atoms with Gasteiger partial charge in [0.15, 0.2) is 0 Å². The summed E-state index contributed by atoms with van der Waals surface area (Å²) in [5.74, 6) is 0.729. The van der Waals surface area contributed by atoms with Crippen LogP contribution in [0.25, 0.3) is 11.0 Å². The molecule has 0 saturated carbocycles. The molecule has 0 fully saturated rings. The zero-order valence-corrected chi connectivity index (χ0v) is 17.4. The van der Waals surface area contributed by atoms with Gasteiger partial charge in [0.1, 0.15) is 16.7 Å². The molecule has 2 aromatic carbocycles. The minimum absolute atomic E-state index is 0.133. The summed E-state index contributed by atoms with van der Waals surface area (Å²) in [6, 6.07) is 15.5. The number of hydrogen-bond acceptors (Lipinski definition) is 6. The van der Waals surface area contributed by atoms with E-state index in [9.17, 15) is 8.42 Å². The molecule has 0 saturated heterocycles. The van der Waals surface area contributed by atoms with Crippen LogP contribution in [0.15, 0.2) is 58.8 Å². The lowest BCUT2D eigenvalue weighted by Gasteiger charge is -2.22. The van der Waals surface area contributed by atoms with Crippen molar-refractivity contribution in [2.24, 2.45) is 24.3 Å². The Labute approximate surface area is 169 Å². The highest BCUT2D eigenvalue weighted by atomic mass is 32.3. The van der Waals surface area contributed by atoms with Crippen molar-refractivity contribution in [3.05, 3.63) is 48.5 Å². The van der Waals surface area contributed by atoms with E-state index in [2.05, 4.69) is 14.4 Å². The second-order valence-electron chi connectivity index (χ2n) is 6.45. The van der Waals surface area contributed by atoms with E-state index in [0.29, 0.717) is 18.8 Å². The number of anilines is 1. The number of azo groups is 1.